The molecule has 0 atom stereocenters. The van der Waals surface area contributed by atoms with E-state index in [1.54, 1.807) is 12.1 Å². The van der Waals surface area contributed by atoms with Gasteiger partial charge in [0.25, 0.3) is 0 Å². The summed E-state index contributed by atoms with van der Waals surface area (Å²) in [5, 5.41) is 9.39. The van der Waals surface area contributed by atoms with E-state index < -0.39 is 0 Å². The molecule has 0 spiro atoms. The van der Waals surface area contributed by atoms with Gasteiger partial charge in [-0.05, 0) is 49.6 Å². The fraction of sp³-hybridized carbons (Fsp3) is 0.200. The third kappa shape index (κ3) is 2.08. The topological polar surface area (TPSA) is 20.2 Å². The minimum absolute atomic E-state index is 0.325. The lowest BCUT2D eigenvalue weighted by molar-refractivity contribution is 0.475. The van der Waals surface area contributed by atoms with Gasteiger partial charge in [-0.15, -0.1) is 0 Å². The van der Waals surface area contributed by atoms with E-state index in [4.69, 9.17) is 0 Å². The van der Waals surface area contributed by atoms with Gasteiger partial charge in [0.1, 0.15) is 5.75 Å². The van der Waals surface area contributed by atoms with E-state index in [9.17, 15) is 5.11 Å². The van der Waals surface area contributed by atoms with Crippen LogP contribution in [0, 0.1) is 20.8 Å². The summed E-state index contributed by atoms with van der Waals surface area (Å²) >= 11 is 0. The average Bonchev–Trinajstić information content (AvgIpc) is 2.15. The molecule has 0 aliphatic rings. The van der Waals surface area contributed by atoms with Gasteiger partial charge in [-0.2, -0.15) is 0 Å². The first kappa shape index (κ1) is 10.7. The van der Waals surface area contributed by atoms with Gasteiger partial charge >= 0.3 is 0 Å². The van der Waals surface area contributed by atoms with Crippen LogP contribution in [0.25, 0.3) is 11.1 Å². The van der Waals surface area contributed by atoms with Crippen LogP contribution in [0.4, 0.5) is 0 Å². The molecular weight excluding hydrogens is 196 g/mol. The molecule has 16 heavy (non-hydrogen) atoms. The number of phenols is 1. The van der Waals surface area contributed by atoms with Crippen molar-refractivity contribution in [2.24, 2.45) is 0 Å². The molecule has 0 aliphatic carbocycles. The minimum Gasteiger partial charge on any atom is -0.508 e. The summed E-state index contributed by atoms with van der Waals surface area (Å²) < 4.78 is 0. The van der Waals surface area contributed by atoms with Crippen LogP contribution in [0.3, 0.4) is 0 Å². The fourth-order valence-corrected chi connectivity index (χ4v) is 2.10. The highest BCUT2D eigenvalue weighted by Crippen LogP contribution is 2.27. The molecule has 0 fully saturated rings. The van der Waals surface area contributed by atoms with E-state index in [1.807, 2.05) is 13.0 Å². The largest absolute Gasteiger partial charge is 0.508 e. The standard InChI is InChI=1S/C15H16O/c1-10-6-11(2)8-13(7-10)15-5-4-14(16)9-12(15)3/h4-9,16H,1-3H3. The maximum Gasteiger partial charge on any atom is 0.115 e. The second-order valence-corrected chi connectivity index (χ2v) is 4.38. The summed E-state index contributed by atoms with van der Waals surface area (Å²) in [6, 6.07) is 12.0. The molecule has 2 aromatic rings. The molecule has 1 heteroatoms. The fourth-order valence-electron chi connectivity index (χ4n) is 2.10. The zero-order valence-corrected chi connectivity index (χ0v) is 9.91. The molecule has 0 amide bonds. The Hall–Kier alpha value is -1.76. The van der Waals surface area contributed by atoms with E-state index >= 15 is 0 Å². The molecule has 0 heterocycles. The second-order valence-electron chi connectivity index (χ2n) is 4.38. The summed E-state index contributed by atoms with van der Waals surface area (Å²) in [7, 11) is 0. The molecule has 0 saturated heterocycles. The third-order valence-electron chi connectivity index (χ3n) is 2.74. The van der Waals surface area contributed by atoms with Gasteiger partial charge in [0.05, 0.1) is 0 Å². The Morgan fingerprint density at radius 3 is 2.00 bits per heavy atom. The molecule has 0 radical (unpaired) electrons. The first-order chi connectivity index (χ1) is 7.56. The van der Waals surface area contributed by atoms with Crippen molar-refractivity contribution in [2.45, 2.75) is 20.8 Å². The zero-order chi connectivity index (χ0) is 11.7. The van der Waals surface area contributed by atoms with Gasteiger partial charge in [-0.1, -0.05) is 35.4 Å². The molecule has 82 valence electrons. The SMILES string of the molecule is Cc1cc(C)cc(-c2ccc(O)cc2C)c1. The highest BCUT2D eigenvalue weighted by atomic mass is 16.3. The molecular formula is C15H16O. The molecule has 0 bridgehead atoms. The van der Waals surface area contributed by atoms with E-state index in [0.29, 0.717) is 5.75 Å². The van der Waals surface area contributed by atoms with Crippen molar-refractivity contribution in [2.75, 3.05) is 0 Å². The Bertz CT molecular complexity index is 507. The summed E-state index contributed by atoms with van der Waals surface area (Å²) in [5.41, 5.74) is 6.04. The maximum absolute atomic E-state index is 9.39. The van der Waals surface area contributed by atoms with Crippen LogP contribution in [0.1, 0.15) is 16.7 Å². The average molecular weight is 212 g/mol. The lowest BCUT2D eigenvalue weighted by Crippen LogP contribution is -1.86. The van der Waals surface area contributed by atoms with Crippen molar-refractivity contribution in [3.8, 4) is 16.9 Å². The highest BCUT2D eigenvalue weighted by molar-refractivity contribution is 5.69. The highest BCUT2D eigenvalue weighted by Gasteiger charge is 2.03. The third-order valence-corrected chi connectivity index (χ3v) is 2.74. The van der Waals surface area contributed by atoms with Gasteiger partial charge < -0.3 is 5.11 Å². The Balaban J connectivity index is 2.58. The second kappa shape index (κ2) is 4.01. The van der Waals surface area contributed by atoms with Gasteiger partial charge in [-0.25, -0.2) is 0 Å². The summed E-state index contributed by atoms with van der Waals surface area (Å²) in [4.78, 5) is 0. The molecule has 0 unspecified atom stereocenters. The van der Waals surface area contributed by atoms with Gasteiger partial charge in [0.2, 0.25) is 0 Å². The van der Waals surface area contributed by atoms with Crippen molar-refractivity contribution in [3.05, 3.63) is 53.1 Å². The normalized spacial score (nSPS) is 10.4. The smallest absolute Gasteiger partial charge is 0.115 e. The van der Waals surface area contributed by atoms with Crippen LogP contribution in [0.2, 0.25) is 0 Å². The predicted molar refractivity (Wildman–Crippen MR) is 67.8 cm³/mol. The van der Waals surface area contributed by atoms with Crippen molar-refractivity contribution in [1.82, 2.24) is 0 Å². The zero-order valence-electron chi connectivity index (χ0n) is 9.91. The molecule has 1 nitrogen and oxygen atoms in total. The Morgan fingerprint density at radius 1 is 0.812 bits per heavy atom. The first-order valence-corrected chi connectivity index (χ1v) is 5.44. The van der Waals surface area contributed by atoms with Crippen LogP contribution in [0.5, 0.6) is 5.75 Å². The quantitative estimate of drug-likeness (QED) is 0.758. The van der Waals surface area contributed by atoms with Crippen molar-refractivity contribution in [1.29, 1.82) is 0 Å². The number of aryl methyl sites for hydroxylation is 3. The monoisotopic (exact) mass is 212 g/mol. The molecule has 2 rings (SSSR count). The first-order valence-electron chi connectivity index (χ1n) is 5.44. The van der Waals surface area contributed by atoms with E-state index in [2.05, 4.69) is 32.0 Å². The van der Waals surface area contributed by atoms with E-state index in [1.165, 1.54) is 22.3 Å². The Kier molecular flexibility index (Phi) is 2.69. The van der Waals surface area contributed by atoms with Crippen molar-refractivity contribution < 1.29 is 5.11 Å². The number of benzene rings is 2. The molecule has 0 saturated carbocycles. The molecule has 1 N–H and O–H groups in total. The minimum atomic E-state index is 0.325. The van der Waals surface area contributed by atoms with Gasteiger partial charge in [0, 0.05) is 0 Å². The number of hydrogen-bond donors (Lipinski definition) is 1. The van der Waals surface area contributed by atoms with E-state index in [-0.39, 0.29) is 0 Å². The van der Waals surface area contributed by atoms with Crippen LogP contribution in [-0.2, 0) is 0 Å². The summed E-state index contributed by atoms with van der Waals surface area (Å²) in [5.74, 6) is 0.325. The predicted octanol–water partition coefficient (Wildman–Crippen LogP) is 3.98. The summed E-state index contributed by atoms with van der Waals surface area (Å²) in [6.45, 7) is 6.23. The number of rotatable bonds is 1. The Labute approximate surface area is 96.4 Å². The maximum atomic E-state index is 9.39. The van der Waals surface area contributed by atoms with Crippen molar-refractivity contribution in [3.63, 3.8) is 0 Å². The van der Waals surface area contributed by atoms with E-state index in [0.717, 1.165) is 5.56 Å². The van der Waals surface area contributed by atoms with Crippen LogP contribution < -0.4 is 0 Å². The Morgan fingerprint density at radius 2 is 1.44 bits per heavy atom. The number of aromatic hydroxyl groups is 1. The van der Waals surface area contributed by atoms with Crippen LogP contribution >= 0.6 is 0 Å². The molecule has 0 aromatic heterocycles. The number of hydrogen-bond acceptors (Lipinski definition) is 1. The molecule has 2 aromatic carbocycles. The lowest BCUT2D eigenvalue weighted by atomic mass is 9.97. The van der Waals surface area contributed by atoms with Crippen LogP contribution in [-0.4, -0.2) is 5.11 Å². The van der Waals surface area contributed by atoms with Crippen molar-refractivity contribution >= 4 is 0 Å². The number of phenolic OH excluding ortho intramolecular Hbond substituents is 1. The molecule has 0 aliphatic heterocycles. The summed E-state index contributed by atoms with van der Waals surface area (Å²) in [6.07, 6.45) is 0. The van der Waals surface area contributed by atoms with Gasteiger partial charge in [0.15, 0.2) is 0 Å². The van der Waals surface area contributed by atoms with Gasteiger partial charge in [-0.3, -0.25) is 0 Å². The van der Waals surface area contributed by atoms with Crippen LogP contribution in [0.15, 0.2) is 36.4 Å². The lowest BCUT2D eigenvalue weighted by Gasteiger charge is -2.08.